The maximum absolute atomic E-state index is 13.1. The average Bonchev–Trinajstić information content (AvgIpc) is 2.16. The molecule has 0 N–H and O–H groups in total. The van der Waals surface area contributed by atoms with E-state index in [2.05, 4.69) is 4.74 Å². The van der Waals surface area contributed by atoms with Crippen LogP contribution in [0.4, 0.5) is 4.39 Å². The predicted octanol–water partition coefficient (Wildman–Crippen LogP) is 1.28. The minimum absolute atomic E-state index is 0.118. The summed E-state index contributed by atoms with van der Waals surface area (Å²) in [5, 5.41) is 0. The summed E-state index contributed by atoms with van der Waals surface area (Å²) < 4.78 is 17.5. The topological polar surface area (TPSA) is 26.3 Å². The van der Waals surface area contributed by atoms with Crippen LogP contribution in [0, 0.1) is 5.82 Å². The third kappa shape index (κ3) is 2.08. The first-order valence-corrected chi connectivity index (χ1v) is 3.76. The Kier molecular flexibility index (Phi) is 3.06. The lowest BCUT2D eigenvalue weighted by Crippen LogP contribution is -2.02. The van der Waals surface area contributed by atoms with Gasteiger partial charge in [-0.05, 0) is 17.7 Å². The van der Waals surface area contributed by atoms with E-state index < -0.39 is 11.8 Å². The fraction of sp³-hybridized carbons (Fsp3) is 0.222. The zero-order chi connectivity index (χ0) is 9.84. The molecule has 0 amide bonds. The second-order valence-corrected chi connectivity index (χ2v) is 2.50. The van der Waals surface area contributed by atoms with E-state index in [1.165, 1.54) is 19.2 Å². The van der Waals surface area contributed by atoms with E-state index in [0.29, 0.717) is 5.56 Å². The van der Waals surface area contributed by atoms with Crippen LogP contribution in [0.15, 0.2) is 18.2 Å². The van der Waals surface area contributed by atoms with Gasteiger partial charge in [-0.15, -0.1) is 0 Å². The van der Waals surface area contributed by atoms with Crippen LogP contribution in [-0.2, 0) is 11.1 Å². The lowest BCUT2D eigenvalue weighted by Gasteiger charge is -2.02. The molecule has 0 saturated carbocycles. The van der Waals surface area contributed by atoms with Gasteiger partial charge >= 0.3 is 5.97 Å². The van der Waals surface area contributed by atoms with Gasteiger partial charge in [0.05, 0.1) is 20.5 Å². The van der Waals surface area contributed by atoms with Crippen molar-refractivity contribution < 1.29 is 13.9 Å². The molecule has 0 aliphatic rings. The van der Waals surface area contributed by atoms with Gasteiger partial charge in [-0.2, -0.15) is 0 Å². The van der Waals surface area contributed by atoms with Gasteiger partial charge in [-0.25, -0.2) is 9.18 Å². The van der Waals surface area contributed by atoms with Crippen LogP contribution >= 0.6 is 0 Å². The van der Waals surface area contributed by atoms with Crippen molar-refractivity contribution in [1.82, 2.24) is 0 Å². The van der Waals surface area contributed by atoms with Crippen molar-refractivity contribution >= 4 is 13.8 Å². The maximum Gasteiger partial charge on any atom is 0.337 e. The molecule has 2 radical (unpaired) electrons. The number of methoxy groups -OCH3 is 1. The number of halogens is 1. The summed E-state index contributed by atoms with van der Waals surface area (Å²) >= 11 is 0. The molecule has 0 fully saturated rings. The molecule has 4 heteroatoms. The Morgan fingerprint density at radius 1 is 1.62 bits per heavy atom. The number of benzene rings is 1. The summed E-state index contributed by atoms with van der Waals surface area (Å²) in [6.07, 6.45) is 0.118. The fourth-order valence-electron chi connectivity index (χ4n) is 0.958. The fourth-order valence-corrected chi connectivity index (χ4v) is 0.958. The maximum atomic E-state index is 13.1. The van der Waals surface area contributed by atoms with E-state index in [4.69, 9.17) is 7.85 Å². The highest BCUT2D eigenvalue weighted by atomic mass is 19.1. The number of rotatable bonds is 2. The van der Waals surface area contributed by atoms with Crippen LogP contribution < -0.4 is 0 Å². The van der Waals surface area contributed by atoms with Gasteiger partial charge in [0.1, 0.15) is 5.82 Å². The first-order chi connectivity index (χ1) is 6.19. The molecule has 1 aromatic carbocycles. The van der Waals surface area contributed by atoms with Crippen LogP contribution in [0.5, 0.6) is 0 Å². The zero-order valence-corrected chi connectivity index (χ0v) is 7.21. The molecular weight excluding hydrogens is 170 g/mol. The quantitative estimate of drug-likeness (QED) is 0.503. The molecule has 2 nitrogen and oxygen atoms in total. The lowest BCUT2D eigenvalue weighted by molar-refractivity contribution is 0.0600. The second-order valence-electron chi connectivity index (χ2n) is 2.50. The molecule has 0 atom stereocenters. The van der Waals surface area contributed by atoms with E-state index in [-0.39, 0.29) is 11.9 Å². The summed E-state index contributed by atoms with van der Waals surface area (Å²) in [5.41, 5.74) is 0.574. The van der Waals surface area contributed by atoms with Crippen molar-refractivity contribution in [1.29, 1.82) is 0 Å². The molecule has 1 rings (SSSR count). The van der Waals surface area contributed by atoms with E-state index >= 15 is 0 Å². The zero-order valence-electron chi connectivity index (χ0n) is 7.21. The van der Waals surface area contributed by atoms with Crippen molar-refractivity contribution in [3.63, 3.8) is 0 Å². The Bertz CT molecular complexity index is 325. The van der Waals surface area contributed by atoms with E-state index in [0.717, 1.165) is 6.07 Å². The van der Waals surface area contributed by atoms with Crippen LogP contribution in [0.25, 0.3) is 0 Å². The van der Waals surface area contributed by atoms with Gasteiger partial charge in [0.15, 0.2) is 0 Å². The standard InChI is InChI=1S/C9H8BFO2/c1-13-9(12)6-2-3-7(5-10)8(11)4-6/h2-4H,5H2,1H3. The summed E-state index contributed by atoms with van der Waals surface area (Å²) in [6.45, 7) is 0. The van der Waals surface area contributed by atoms with Gasteiger partial charge in [0.2, 0.25) is 0 Å². The third-order valence-corrected chi connectivity index (χ3v) is 1.69. The molecule has 0 aliphatic heterocycles. The Balaban J connectivity index is 3.02. The summed E-state index contributed by atoms with van der Waals surface area (Å²) in [4.78, 5) is 10.9. The highest BCUT2D eigenvalue weighted by Crippen LogP contribution is 2.10. The van der Waals surface area contributed by atoms with Crippen LogP contribution in [-0.4, -0.2) is 20.9 Å². The number of hydrogen-bond acceptors (Lipinski definition) is 2. The van der Waals surface area contributed by atoms with Gasteiger partial charge in [-0.1, -0.05) is 12.4 Å². The van der Waals surface area contributed by atoms with Gasteiger partial charge in [0, 0.05) is 0 Å². The highest BCUT2D eigenvalue weighted by Gasteiger charge is 2.07. The second kappa shape index (κ2) is 4.07. The van der Waals surface area contributed by atoms with Gasteiger partial charge < -0.3 is 4.74 Å². The molecule has 0 spiro atoms. The predicted molar refractivity (Wildman–Crippen MR) is 47.2 cm³/mol. The number of esters is 1. The molecule has 0 unspecified atom stereocenters. The minimum atomic E-state index is -0.553. The molecule has 0 heterocycles. The molecule has 0 bridgehead atoms. The van der Waals surface area contributed by atoms with Crippen LogP contribution in [0.3, 0.4) is 0 Å². The monoisotopic (exact) mass is 178 g/mol. The largest absolute Gasteiger partial charge is 0.465 e. The minimum Gasteiger partial charge on any atom is -0.465 e. The van der Waals surface area contributed by atoms with Crippen molar-refractivity contribution in [3.8, 4) is 0 Å². The first kappa shape index (κ1) is 9.77. The summed E-state index contributed by atoms with van der Waals surface area (Å²) in [6, 6.07) is 4.08. The molecule has 13 heavy (non-hydrogen) atoms. The van der Waals surface area contributed by atoms with Gasteiger partial charge in [0.25, 0.3) is 0 Å². The average molecular weight is 178 g/mol. The lowest BCUT2D eigenvalue weighted by atomic mass is 9.96. The normalized spacial score (nSPS) is 9.69. The smallest absolute Gasteiger partial charge is 0.337 e. The van der Waals surface area contributed by atoms with Crippen molar-refractivity contribution in [2.45, 2.75) is 6.32 Å². The SMILES string of the molecule is [B]Cc1ccc(C(=O)OC)cc1F. The number of carbonyl (C=O) groups excluding carboxylic acids is 1. The Hall–Kier alpha value is -1.32. The number of ether oxygens (including phenoxy) is 1. The van der Waals surface area contributed by atoms with Crippen LogP contribution in [0.2, 0.25) is 0 Å². The molecular formula is C9H8BFO2. The van der Waals surface area contributed by atoms with Crippen molar-refractivity contribution in [2.24, 2.45) is 0 Å². The molecule has 0 aliphatic carbocycles. The number of carbonyl (C=O) groups is 1. The third-order valence-electron chi connectivity index (χ3n) is 1.69. The van der Waals surface area contributed by atoms with E-state index in [1.54, 1.807) is 0 Å². The van der Waals surface area contributed by atoms with Crippen LogP contribution in [0.1, 0.15) is 15.9 Å². The summed E-state index contributed by atoms with van der Waals surface area (Å²) in [7, 11) is 6.50. The molecule has 0 aromatic heterocycles. The summed E-state index contributed by atoms with van der Waals surface area (Å²) in [5.74, 6) is -1.03. The van der Waals surface area contributed by atoms with Crippen molar-refractivity contribution in [3.05, 3.63) is 35.1 Å². The first-order valence-electron chi connectivity index (χ1n) is 3.76. The van der Waals surface area contributed by atoms with Crippen molar-refractivity contribution in [2.75, 3.05) is 7.11 Å². The van der Waals surface area contributed by atoms with Gasteiger partial charge in [-0.3, -0.25) is 0 Å². The van der Waals surface area contributed by atoms with E-state index in [1.807, 2.05) is 0 Å². The molecule has 66 valence electrons. The Labute approximate surface area is 77.1 Å². The van der Waals surface area contributed by atoms with E-state index in [9.17, 15) is 9.18 Å². The Morgan fingerprint density at radius 3 is 2.77 bits per heavy atom. The molecule has 0 saturated heterocycles. The molecule has 1 aromatic rings. The highest BCUT2D eigenvalue weighted by molar-refractivity contribution is 6.08. The number of hydrogen-bond donors (Lipinski definition) is 0. The Morgan fingerprint density at radius 2 is 2.31 bits per heavy atom.